The van der Waals surface area contributed by atoms with Crippen molar-refractivity contribution in [2.75, 3.05) is 39.9 Å². The zero-order chi connectivity index (χ0) is 17.9. The molecule has 2 aliphatic rings. The van der Waals surface area contributed by atoms with Crippen molar-refractivity contribution >= 4 is 29.9 Å². The molecule has 2 unspecified atom stereocenters. The Morgan fingerprint density at radius 1 is 1.27 bits per heavy atom. The third kappa shape index (κ3) is 5.33. The van der Waals surface area contributed by atoms with Gasteiger partial charge in [0.05, 0.1) is 13.2 Å². The number of hydrogen-bond acceptors (Lipinski definition) is 3. The van der Waals surface area contributed by atoms with Crippen LogP contribution in [0, 0.1) is 6.92 Å². The first-order valence-corrected chi connectivity index (χ1v) is 9.37. The molecule has 1 aliphatic carbocycles. The molecule has 1 saturated carbocycles. The van der Waals surface area contributed by atoms with Crippen molar-refractivity contribution in [1.82, 2.24) is 15.5 Å². The summed E-state index contributed by atoms with van der Waals surface area (Å²) in [5, 5.41) is 7.11. The Balaban J connectivity index is 0.00000243. The summed E-state index contributed by atoms with van der Waals surface area (Å²) in [4.78, 5) is 6.91. The molecule has 2 atom stereocenters. The van der Waals surface area contributed by atoms with Crippen LogP contribution >= 0.6 is 24.0 Å². The van der Waals surface area contributed by atoms with Gasteiger partial charge in [-0.15, -0.1) is 24.0 Å². The lowest BCUT2D eigenvalue weighted by Crippen LogP contribution is -2.56. The van der Waals surface area contributed by atoms with Crippen LogP contribution in [-0.4, -0.2) is 62.3 Å². The minimum absolute atomic E-state index is 0. The van der Waals surface area contributed by atoms with Crippen molar-refractivity contribution in [3.05, 3.63) is 35.4 Å². The molecule has 1 saturated heterocycles. The van der Waals surface area contributed by atoms with Crippen LogP contribution in [0.5, 0.6) is 0 Å². The van der Waals surface area contributed by atoms with E-state index in [0.29, 0.717) is 12.0 Å². The van der Waals surface area contributed by atoms with Gasteiger partial charge in [0, 0.05) is 44.2 Å². The van der Waals surface area contributed by atoms with Gasteiger partial charge >= 0.3 is 0 Å². The number of hydrogen-bond donors (Lipinski definition) is 2. The average molecular weight is 472 g/mol. The number of guanidine groups is 1. The van der Waals surface area contributed by atoms with Crippen molar-refractivity contribution in [1.29, 1.82) is 0 Å². The number of aryl methyl sites for hydroxylation is 1. The second kappa shape index (κ2) is 9.37. The maximum atomic E-state index is 5.47. The first-order valence-electron chi connectivity index (χ1n) is 9.37. The highest BCUT2D eigenvalue weighted by molar-refractivity contribution is 14.0. The molecule has 146 valence electrons. The summed E-state index contributed by atoms with van der Waals surface area (Å²) < 4.78 is 5.47. The Hall–Kier alpha value is -0.860. The number of ether oxygens (including phenoxy) is 1. The number of aliphatic imine (C=N–C) groups is 1. The maximum Gasteiger partial charge on any atom is 0.191 e. The molecule has 1 heterocycles. The average Bonchev–Trinajstić information content (AvgIpc) is 3.38. The second-order valence-electron chi connectivity index (χ2n) is 7.79. The second-order valence-corrected chi connectivity index (χ2v) is 7.79. The zero-order valence-electron chi connectivity index (χ0n) is 16.4. The van der Waals surface area contributed by atoms with Gasteiger partial charge in [-0.2, -0.15) is 0 Å². The molecule has 3 rings (SSSR count). The van der Waals surface area contributed by atoms with Gasteiger partial charge in [0.1, 0.15) is 0 Å². The van der Waals surface area contributed by atoms with Crippen molar-refractivity contribution in [2.24, 2.45) is 4.99 Å². The van der Waals surface area contributed by atoms with Crippen LogP contribution in [0.1, 0.15) is 37.3 Å². The lowest BCUT2D eigenvalue weighted by molar-refractivity contribution is -0.00834. The van der Waals surface area contributed by atoms with Gasteiger partial charge in [-0.1, -0.05) is 24.3 Å². The highest BCUT2D eigenvalue weighted by Crippen LogP contribution is 2.42. The topological polar surface area (TPSA) is 48.9 Å². The molecule has 0 bridgehead atoms. The zero-order valence-corrected chi connectivity index (χ0v) is 18.7. The molecule has 0 radical (unpaired) electrons. The normalized spacial score (nSPS) is 23.9. The third-order valence-corrected chi connectivity index (χ3v) is 5.48. The molecular weight excluding hydrogens is 439 g/mol. The number of halogens is 1. The van der Waals surface area contributed by atoms with E-state index in [1.54, 1.807) is 0 Å². The standard InChI is InChI=1S/C20H32N4O.HI/c1-15-7-5-6-8-16(15)17-13-18(17)23-19(21-4)22-14-20(2,3)24-9-11-25-12-10-24;/h5-8,17-18H,9-14H2,1-4H3,(H2,21,22,23);1H. The monoisotopic (exact) mass is 472 g/mol. The number of rotatable bonds is 5. The number of nitrogens with one attached hydrogen (secondary N) is 2. The van der Waals surface area contributed by atoms with Gasteiger partial charge in [-0.05, 0) is 38.3 Å². The van der Waals surface area contributed by atoms with Gasteiger partial charge in [0.25, 0.3) is 0 Å². The number of morpholine rings is 1. The summed E-state index contributed by atoms with van der Waals surface area (Å²) in [6, 6.07) is 9.18. The fraction of sp³-hybridized carbons (Fsp3) is 0.650. The predicted molar refractivity (Wildman–Crippen MR) is 119 cm³/mol. The van der Waals surface area contributed by atoms with E-state index in [4.69, 9.17) is 4.74 Å². The first kappa shape index (κ1) is 21.4. The van der Waals surface area contributed by atoms with Crippen LogP contribution in [0.4, 0.5) is 0 Å². The molecule has 6 heteroatoms. The van der Waals surface area contributed by atoms with Crippen LogP contribution < -0.4 is 10.6 Å². The molecule has 5 nitrogen and oxygen atoms in total. The molecule has 1 aliphatic heterocycles. The lowest BCUT2D eigenvalue weighted by Gasteiger charge is -2.41. The van der Waals surface area contributed by atoms with Crippen LogP contribution in [0.25, 0.3) is 0 Å². The van der Waals surface area contributed by atoms with Crippen LogP contribution in [0.15, 0.2) is 29.3 Å². The van der Waals surface area contributed by atoms with Crippen molar-refractivity contribution < 1.29 is 4.74 Å². The third-order valence-electron chi connectivity index (χ3n) is 5.48. The van der Waals surface area contributed by atoms with Gasteiger partial charge in [-0.3, -0.25) is 9.89 Å². The molecule has 2 N–H and O–H groups in total. The van der Waals surface area contributed by atoms with E-state index >= 15 is 0 Å². The Morgan fingerprint density at radius 3 is 2.62 bits per heavy atom. The largest absolute Gasteiger partial charge is 0.379 e. The number of nitrogens with zero attached hydrogens (tertiary/aromatic N) is 2. The van der Waals surface area contributed by atoms with Gasteiger partial charge in [-0.25, -0.2) is 0 Å². The van der Waals surface area contributed by atoms with Crippen molar-refractivity contribution in [2.45, 2.75) is 44.7 Å². The van der Waals surface area contributed by atoms with E-state index in [-0.39, 0.29) is 29.5 Å². The number of benzene rings is 1. The van der Waals surface area contributed by atoms with E-state index in [9.17, 15) is 0 Å². The minimum atomic E-state index is 0. The Kier molecular flexibility index (Phi) is 7.73. The summed E-state index contributed by atoms with van der Waals surface area (Å²) in [7, 11) is 1.85. The Labute approximate surface area is 175 Å². The SMILES string of the molecule is CN=C(NCC(C)(C)N1CCOCC1)NC1CC1c1ccccc1C.I. The quantitative estimate of drug-likeness (QED) is 0.393. The summed E-state index contributed by atoms with van der Waals surface area (Å²) in [5.41, 5.74) is 2.93. The van der Waals surface area contributed by atoms with Gasteiger partial charge in [0.2, 0.25) is 0 Å². The molecule has 1 aromatic rings. The summed E-state index contributed by atoms with van der Waals surface area (Å²) in [6.45, 7) is 11.3. The minimum Gasteiger partial charge on any atom is -0.379 e. The molecule has 26 heavy (non-hydrogen) atoms. The van der Waals surface area contributed by atoms with Crippen molar-refractivity contribution in [3.63, 3.8) is 0 Å². The highest BCUT2D eigenvalue weighted by Gasteiger charge is 2.40. The first-order chi connectivity index (χ1) is 12.0. The highest BCUT2D eigenvalue weighted by atomic mass is 127. The van der Waals surface area contributed by atoms with E-state index in [1.807, 2.05) is 7.05 Å². The molecule has 2 fully saturated rings. The van der Waals surface area contributed by atoms with E-state index in [1.165, 1.54) is 17.5 Å². The molecular formula is C20H33IN4O. The fourth-order valence-corrected chi connectivity index (χ4v) is 3.65. The summed E-state index contributed by atoms with van der Waals surface area (Å²) in [5.74, 6) is 1.51. The molecule has 0 spiro atoms. The molecule has 0 amide bonds. The Bertz CT molecular complexity index is 614. The van der Waals surface area contributed by atoms with Crippen LogP contribution in [0.3, 0.4) is 0 Å². The van der Waals surface area contributed by atoms with Gasteiger partial charge in [0.15, 0.2) is 5.96 Å². The summed E-state index contributed by atoms with van der Waals surface area (Å²) in [6.07, 6.45) is 1.18. The smallest absolute Gasteiger partial charge is 0.191 e. The van der Waals surface area contributed by atoms with Crippen molar-refractivity contribution in [3.8, 4) is 0 Å². The van der Waals surface area contributed by atoms with E-state index in [2.05, 4.69) is 65.6 Å². The Morgan fingerprint density at radius 2 is 1.96 bits per heavy atom. The van der Waals surface area contributed by atoms with E-state index < -0.39 is 0 Å². The summed E-state index contributed by atoms with van der Waals surface area (Å²) >= 11 is 0. The van der Waals surface area contributed by atoms with Crippen LogP contribution in [-0.2, 0) is 4.74 Å². The van der Waals surface area contributed by atoms with Gasteiger partial charge < -0.3 is 15.4 Å². The van der Waals surface area contributed by atoms with E-state index in [0.717, 1.165) is 38.8 Å². The maximum absolute atomic E-state index is 5.47. The lowest BCUT2D eigenvalue weighted by atomic mass is 10.0. The molecule has 0 aromatic heterocycles. The fourth-order valence-electron chi connectivity index (χ4n) is 3.65. The predicted octanol–water partition coefficient (Wildman–Crippen LogP) is 2.74. The molecule has 1 aromatic carbocycles. The van der Waals surface area contributed by atoms with Crippen LogP contribution in [0.2, 0.25) is 0 Å².